The van der Waals surface area contributed by atoms with Gasteiger partial charge in [-0.1, -0.05) is 36.4 Å². The van der Waals surface area contributed by atoms with Gasteiger partial charge >= 0.3 is 0 Å². The molecular formula is C22H30N4O2. The predicted molar refractivity (Wildman–Crippen MR) is 113 cm³/mol. The molecular weight excluding hydrogens is 352 g/mol. The van der Waals surface area contributed by atoms with Crippen LogP contribution in [0.5, 0.6) is 0 Å². The molecule has 2 aromatic carbocycles. The lowest BCUT2D eigenvalue weighted by atomic mass is 10.1. The van der Waals surface area contributed by atoms with Gasteiger partial charge in [-0.25, -0.2) is 0 Å². The second kappa shape index (κ2) is 9.17. The molecule has 6 heteroatoms. The summed E-state index contributed by atoms with van der Waals surface area (Å²) in [5.74, 6) is 0.0625. The summed E-state index contributed by atoms with van der Waals surface area (Å²) in [6, 6.07) is 13.9. The van der Waals surface area contributed by atoms with Crippen LogP contribution >= 0.6 is 0 Å². The van der Waals surface area contributed by atoms with Crippen LogP contribution in [0.25, 0.3) is 10.8 Å². The number of carbonyl (C=O) groups is 2. The second-order valence-corrected chi connectivity index (χ2v) is 7.73. The van der Waals surface area contributed by atoms with Crippen molar-refractivity contribution in [1.82, 2.24) is 15.1 Å². The van der Waals surface area contributed by atoms with Gasteiger partial charge in [0.2, 0.25) is 11.8 Å². The Labute approximate surface area is 166 Å². The van der Waals surface area contributed by atoms with Crippen LogP contribution in [-0.2, 0) is 9.59 Å². The van der Waals surface area contributed by atoms with Crippen LogP contribution in [0.15, 0.2) is 42.5 Å². The molecule has 1 aliphatic heterocycles. The Kier molecular flexibility index (Phi) is 6.65. The number of hydrogen-bond acceptors (Lipinski definition) is 4. The number of carbonyl (C=O) groups excluding carboxylic acids is 2. The van der Waals surface area contributed by atoms with E-state index in [-0.39, 0.29) is 23.9 Å². The van der Waals surface area contributed by atoms with E-state index in [1.807, 2.05) is 63.2 Å². The molecule has 28 heavy (non-hydrogen) atoms. The van der Waals surface area contributed by atoms with Crippen molar-refractivity contribution in [2.75, 3.05) is 38.0 Å². The molecule has 1 aliphatic rings. The summed E-state index contributed by atoms with van der Waals surface area (Å²) in [5.41, 5.74) is 0.846. The van der Waals surface area contributed by atoms with Crippen molar-refractivity contribution in [3.05, 3.63) is 42.5 Å². The molecule has 0 spiro atoms. The van der Waals surface area contributed by atoms with Gasteiger partial charge in [0.05, 0.1) is 12.6 Å². The van der Waals surface area contributed by atoms with E-state index in [0.717, 1.165) is 42.6 Å². The first-order chi connectivity index (χ1) is 13.4. The average molecular weight is 383 g/mol. The molecule has 0 aliphatic carbocycles. The zero-order valence-corrected chi connectivity index (χ0v) is 16.9. The molecule has 2 amide bonds. The minimum Gasteiger partial charge on any atom is -0.353 e. The van der Waals surface area contributed by atoms with E-state index in [1.165, 1.54) is 0 Å². The molecule has 1 fully saturated rings. The Hall–Kier alpha value is -2.44. The number of rotatable bonds is 6. The number of anilines is 1. The summed E-state index contributed by atoms with van der Waals surface area (Å²) in [6.45, 7) is 9.43. The summed E-state index contributed by atoms with van der Waals surface area (Å²) in [4.78, 5) is 29.1. The molecule has 0 radical (unpaired) electrons. The first-order valence-electron chi connectivity index (χ1n) is 9.98. The first kappa shape index (κ1) is 20.3. The minimum absolute atomic E-state index is 0.00218. The Morgan fingerprint density at radius 1 is 0.964 bits per heavy atom. The third kappa shape index (κ3) is 5.09. The molecule has 1 heterocycles. The monoisotopic (exact) mass is 382 g/mol. The van der Waals surface area contributed by atoms with Gasteiger partial charge in [0, 0.05) is 43.3 Å². The fourth-order valence-corrected chi connectivity index (χ4v) is 3.62. The molecule has 150 valence electrons. The standard InChI is InChI=1S/C22H30N4O2/c1-16(2)23-21(27)15-25-11-13-26(14-12-25)17(3)22(28)24-20-10-6-8-18-7-4-5-9-19(18)20/h4-10,16-17H,11-15H2,1-3H3,(H,23,27)(H,24,28)/t17-/m0/s1. The Bertz CT molecular complexity index is 823. The van der Waals surface area contributed by atoms with Crippen molar-refractivity contribution in [3.63, 3.8) is 0 Å². The van der Waals surface area contributed by atoms with Gasteiger partial charge in [-0.05, 0) is 32.2 Å². The number of nitrogens with one attached hydrogen (secondary N) is 2. The first-order valence-corrected chi connectivity index (χ1v) is 9.98. The lowest BCUT2D eigenvalue weighted by Gasteiger charge is -2.37. The smallest absolute Gasteiger partial charge is 0.241 e. The van der Waals surface area contributed by atoms with Gasteiger partial charge in [-0.15, -0.1) is 0 Å². The molecule has 2 aromatic rings. The van der Waals surface area contributed by atoms with Crippen LogP contribution in [0.2, 0.25) is 0 Å². The van der Waals surface area contributed by atoms with Gasteiger partial charge in [0.15, 0.2) is 0 Å². The molecule has 2 N–H and O–H groups in total. The van der Waals surface area contributed by atoms with Gasteiger partial charge in [-0.2, -0.15) is 0 Å². The summed E-state index contributed by atoms with van der Waals surface area (Å²) in [5, 5.41) is 8.17. The van der Waals surface area contributed by atoms with Crippen molar-refractivity contribution >= 4 is 28.3 Å². The molecule has 1 saturated heterocycles. The van der Waals surface area contributed by atoms with Gasteiger partial charge in [0.1, 0.15) is 0 Å². The number of piperazine rings is 1. The highest BCUT2D eigenvalue weighted by Crippen LogP contribution is 2.23. The number of fused-ring (bicyclic) bond motifs is 1. The van der Waals surface area contributed by atoms with Crippen LogP contribution in [0.4, 0.5) is 5.69 Å². The topological polar surface area (TPSA) is 64.7 Å². The fourth-order valence-electron chi connectivity index (χ4n) is 3.62. The maximum Gasteiger partial charge on any atom is 0.241 e. The van der Waals surface area contributed by atoms with Gasteiger partial charge in [-0.3, -0.25) is 19.4 Å². The predicted octanol–water partition coefficient (Wildman–Crippen LogP) is 2.31. The van der Waals surface area contributed by atoms with E-state index in [2.05, 4.69) is 20.4 Å². The molecule has 0 saturated carbocycles. The van der Waals surface area contributed by atoms with Crippen LogP contribution in [0, 0.1) is 0 Å². The van der Waals surface area contributed by atoms with Crippen LogP contribution < -0.4 is 10.6 Å². The largest absolute Gasteiger partial charge is 0.353 e. The zero-order chi connectivity index (χ0) is 20.1. The number of amides is 2. The fraction of sp³-hybridized carbons (Fsp3) is 0.455. The maximum absolute atomic E-state index is 12.8. The highest BCUT2D eigenvalue weighted by atomic mass is 16.2. The van der Waals surface area contributed by atoms with Crippen molar-refractivity contribution < 1.29 is 9.59 Å². The third-order valence-corrected chi connectivity index (χ3v) is 5.20. The van der Waals surface area contributed by atoms with Gasteiger partial charge < -0.3 is 10.6 Å². The summed E-state index contributed by atoms with van der Waals surface area (Å²) in [7, 11) is 0. The Morgan fingerprint density at radius 2 is 1.64 bits per heavy atom. The van der Waals surface area contributed by atoms with E-state index in [9.17, 15) is 9.59 Å². The molecule has 6 nitrogen and oxygen atoms in total. The highest BCUT2D eigenvalue weighted by Gasteiger charge is 2.26. The van der Waals surface area contributed by atoms with E-state index in [1.54, 1.807) is 0 Å². The second-order valence-electron chi connectivity index (χ2n) is 7.73. The maximum atomic E-state index is 12.8. The number of hydrogen-bond donors (Lipinski definition) is 2. The average Bonchev–Trinajstić information content (AvgIpc) is 2.67. The number of benzene rings is 2. The summed E-state index contributed by atoms with van der Waals surface area (Å²) >= 11 is 0. The molecule has 1 atom stereocenters. The van der Waals surface area contributed by atoms with Crippen LogP contribution in [-0.4, -0.2) is 66.4 Å². The molecule has 0 bridgehead atoms. The highest BCUT2D eigenvalue weighted by molar-refractivity contribution is 6.03. The zero-order valence-electron chi connectivity index (χ0n) is 16.9. The van der Waals surface area contributed by atoms with E-state index in [4.69, 9.17) is 0 Å². The number of nitrogens with zero attached hydrogens (tertiary/aromatic N) is 2. The summed E-state index contributed by atoms with van der Waals surface area (Å²) in [6.07, 6.45) is 0. The quantitative estimate of drug-likeness (QED) is 0.805. The third-order valence-electron chi connectivity index (χ3n) is 5.20. The lowest BCUT2D eigenvalue weighted by Crippen LogP contribution is -2.54. The van der Waals surface area contributed by atoms with Crippen molar-refractivity contribution in [1.29, 1.82) is 0 Å². The van der Waals surface area contributed by atoms with Crippen LogP contribution in [0.1, 0.15) is 20.8 Å². The Morgan fingerprint density at radius 3 is 2.36 bits per heavy atom. The Balaban J connectivity index is 1.54. The van der Waals surface area contributed by atoms with E-state index < -0.39 is 0 Å². The molecule has 0 unspecified atom stereocenters. The molecule has 3 rings (SSSR count). The van der Waals surface area contributed by atoms with Crippen LogP contribution in [0.3, 0.4) is 0 Å². The van der Waals surface area contributed by atoms with E-state index >= 15 is 0 Å². The van der Waals surface area contributed by atoms with Crippen molar-refractivity contribution in [2.24, 2.45) is 0 Å². The SMILES string of the molecule is CC(C)NC(=O)CN1CCN([C@@H](C)C(=O)Nc2cccc3ccccc23)CC1. The van der Waals surface area contributed by atoms with Gasteiger partial charge in [0.25, 0.3) is 0 Å². The summed E-state index contributed by atoms with van der Waals surface area (Å²) < 4.78 is 0. The van der Waals surface area contributed by atoms with Crippen molar-refractivity contribution in [3.8, 4) is 0 Å². The lowest BCUT2D eigenvalue weighted by molar-refractivity contribution is -0.125. The molecule has 0 aromatic heterocycles. The normalized spacial score (nSPS) is 16.9. The van der Waals surface area contributed by atoms with E-state index in [0.29, 0.717) is 6.54 Å². The minimum atomic E-state index is -0.217. The van der Waals surface area contributed by atoms with Crippen molar-refractivity contribution in [2.45, 2.75) is 32.9 Å².